The van der Waals surface area contributed by atoms with Gasteiger partial charge in [-0.3, -0.25) is 10.1 Å². The molecule has 0 aromatic carbocycles. The first-order valence-corrected chi connectivity index (χ1v) is 9.34. The van der Waals surface area contributed by atoms with Crippen molar-refractivity contribution in [3.8, 4) is 0 Å². The highest BCUT2D eigenvalue weighted by Crippen LogP contribution is 2.29. The van der Waals surface area contributed by atoms with Gasteiger partial charge in [0.2, 0.25) is 5.91 Å². The van der Waals surface area contributed by atoms with Gasteiger partial charge in [0.25, 0.3) is 0 Å². The van der Waals surface area contributed by atoms with Gasteiger partial charge in [-0.15, -0.1) is 0 Å². The number of rotatable bonds is 4. The van der Waals surface area contributed by atoms with Crippen LogP contribution in [0.25, 0.3) is 0 Å². The molecule has 2 aliphatic carbocycles. The molecule has 2 fully saturated rings. The third kappa shape index (κ3) is 5.48. The molecule has 5 nitrogen and oxygen atoms in total. The number of carbonyl (C=O) groups is 2. The van der Waals surface area contributed by atoms with Crippen LogP contribution in [-0.4, -0.2) is 30.1 Å². The fourth-order valence-corrected chi connectivity index (χ4v) is 3.90. The number of nitrogens with one attached hydrogen (secondary N) is 3. The molecule has 23 heavy (non-hydrogen) atoms. The summed E-state index contributed by atoms with van der Waals surface area (Å²) < 4.78 is 0. The zero-order valence-electron chi connectivity index (χ0n) is 14.9. The maximum absolute atomic E-state index is 12.2. The molecule has 2 aliphatic rings. The van der Waals surface area contributed by atoms with Gasteiger partial charge in [0.15, 0.2) is 0 Å². The highest BCUT2D eigenvalue weighted by molar-refractivity contribution is 5.96. The standard InChI is InChI=1S/C18H33N3O2/c1-12-8-7-11-16(13(12)2)19-14(3)17(22)21-18(23)20-15-9-5-4-6-10-15/h12-16,19H,4-11H2,1-3H3,(H2,20,21,22,23). The fraction of sp³-hybridized carbons (Fsp3) is 0.889. The summed E-state index contributed by atoms with van der Waals surface area (Å²) in [6.07, 6.45) is 9.20. The van der Waals surface area contributed by atoms with E-state index < -0.39 is 0 Å². The van der Waals surface area contributed by atoms with Gasteiger partial charge in [0.1, 0.15) is 0 Å². The highest BCUT2D eigenvalue weighted by atomic mass is 16.2. The van der Waals surface area contributed by atoms with Crippen LogP contribution in [-0.2, 0) is 4.79 Å². The summed E-state index contributed by atoms with van der Waals surface area (Å²) in [4.78, 5) is 24.2. The van der Waals surface area contributed by atoms with Gasteiger partial charge in [0, 0.05) is 12.1 Å². The molecule has 0 heterocycles. The van der Waals surface area contributed by atoms with Crippen molar-refractivity contribution in [2.75, 3.05) is 0 Å². The second-order valence-electron chi connectivity index (χ2n) is 7.56. The minimum Gasteiger partial charge on any atom is -0.335 e. The highest BCUT2D eigenvalue weighted by Gasteiger charge is 2.29. The van der Waals surface area contributed by atoms with E-state index >= 15 is 0 Å². The number of imide groups is 1. The lowest BCUT2D eigenvalue weighted by Gasteiger charge is -2.36. The molecule has 132 valence electrons. The van der Waals surface area contributed by atoms with Crippen LogP contribution >= 0.6 is 0 Å². The molecular formula is C18H33N3O2. The maximum Gasteiger partial charge on any atom is 0.321 e. The summed E-state index contributed by atoms with van der Waals surface area (Å²) >= 11 is 0. The molecule has 4 atom stereocenters. The van der Waals surface area contributed by atoms with Crippen molar-refractivity contribution >= 4 is 11.9 Å². The average Bonchev–Trinajstić information content (AvgIpc) is 2.52. The van der Waals surface area contributed by atoms with Gasteiger partial charge in [-0.1, -0.05) is 46.0 Å². The lowest BCUT2D eigenvalue weighted by molar-refractivity contribution is -0.122. The summed E-state index contributed by atoms with van der Waals surface area (Å²) in [7, 11) is 0. The van der Waals surface area contributed by atoms with E-state index in [-0.39, 0.29) is 24.0 Å². The quantitative estimate of drug-likeness (QED) is 0.745. The smallest absolute Gasteiger partial charge is 0.321 e. The van der Waals surface area contributed by atoms with E-state index in [2.05, 4.69) is 29.8 Å². The Morgan fingerprint density at radius 3 is 2.35 bits per heavy atom. The van der Waals surface area contributed by atoms with Crippen LogP contribution < -0.4 is 16.0 Å². The molecule has 0 spiro atoms. The fourth-order valence-electron chi connectivity index (χ4n) is 3.90. The van der Waals surface area contributed by atoms with E-state index in [1.54, 1.807) is 0 Å². The van der Waals surface area contributed by atoms with Crippen LogP contribution in [0.15, 0.2) is 0 Å². The third-order valence-corrected chi connectivity index (χ3v) is 5.74. The summed E-state index contributed by atoms with van der Waals surface area (Å²) in [5.74, 6) is 1.02. The zero-order valence-corrected chi connectivity index (χ0v) is 14.9. The first-order chi connectivity index (χ1) is 11.0. The second-order valence-corrected chi connectivity index (χ2v) is 7.56. The molecule has 0 aromatic rings. The maximum atomic E-state index is 12.2. The Labute approximate surface area is 140 Å². The summed E-state index contributed by atoms with van der Waals surface area (Å²) in [5, 5.41) is 8.83. The van der Waals surface area contributed by atoms with E-state index in [1.807, 2.05) is 6.92 Å². The van der Waals surface area contributed by atoms with Crippen molar-refractivity contribution in [2.24, 2.45) is 11.8 Å². The van der Waals surface area contributed by atoms with E-state index in [1.165, 1.54) is 19.3 Å². The molecule has 0 aliphatic heterocycles. The van der Waals surface area contributed by atoms with Crippen molar-refractivity contribution in [1.82, 2.24) is 16.0 Å². The number of amides is 3. The van der Waals surface area contributed by atoms with E-state index in [4.69, 9.17) is 0 Å². The second kappa shape index (κ2) is 8.67. The number of hydrogen-bond acceptors (Lipinski definition) is 3. The third-order valence-electron chi connectivity index (χ3n) is 5.74. The van der Waals surface area contributed by atoms with Gasteiger partial charge in [-0.05, 0) is 38.0 Å². The van der Waals surface area contributed by atoms with Crippen molar-refractivity contribution in [3.63, 3.8) is 0 Å². The lowest BCUT2D eigenvalue weighted by Crippen LogP contribution is -2.54. The summed E-state index contributed by atoms with van der Waals surface area (Å²) in [6.45, 7) is 6.37. The zero-order chi connectivity index (χ0) is 16.8. The number of carbonyl (C=O) groups excluding carboxylic acids is 2. The molecule has 2 rings (SSSR count). The van der Waals surface area contributed by atoms with Crippen molar-refractivity contribution in [1.29, 1.82) is 0 Å². The topological polar surface area (TPSA) is 70.2 Å². The van der Waals surface area contributed by atoms with E-state index in [0.29, 0.717) is 17.9 Å². The molecule has 0 saturated heterocycles. The average molecular weight is 323 g/mol. The Bertz CT molecular complexity index is 407. The predicted molar refractivity (Wildman–Crippen MR) is 92.1 cm³/mol. The molecule has 3 N–H and O–H groups in total. The normalized spacial score (nSPS) is 30.5. The van der Waals surface area contributed by atoms with Gasteiger partial charge in [0.05, 0.1) is 6.04 Å². The van der Waals surface area contributed by atoms with E-state index in [9.17, 15) is 9.59 Å². The Hall–Kier alpha value is -1.10. The van der Waals surface area contributed by atoms with Crippen LogP contribution in [0.1, 0.15) is 72.1 Å². The van der Waals surface area contributed by atoms with Gasteiger partial charge in [-0.2, -0.15) is 0 Å². The molecule has 4 unspecified atom stereocenters. The molecule has 5 heteroatoms. The molecule has 3 amide bonds. The Morgan fingerprint density at radius 1 is 0.957 bits per heavy atom. The lowest BCUT2D eigenvalue weighted by atomic mass is 9.78. The summed E-state index contributed by atoms with van der Waals surface area (Å²) in [6, 6.07) is -0.106. The Morgan fingerprint density at radius 2 is 1.65 bits per heavy atom. The van der Waals surface area contributed by atoms with Crippen molar-refractivity contribution in [3.05, 3.63) is 0 Å². The molecular weight excluding hydrogens is 290 g/mol. The van der Waals surface area contributed by atoms with E-state index in [0.717, 1.165) is 32.1 Å². The van der Waals surface area contributed by atoms with Crippen molar-refractivity contribution in [2.45, 2.75) is 90.3 Å². The van der Waals surface area contributed by atoms with Crippen LogP contribution in [0.5, 0.6) is 0 Å². The minimum atomic E-state index is -0.347. The largest absolute Gasteiger partial charge is 0.335 e. The van der Waals surface area contributed by atoms with Crippen LogP contribution in [0.2, 0.25) is 0 Å². The van der Waals surface area contributed by atoms with Gasteiger partial charge >= 0.3 is 6.03 Å². The van der Waals surface area contributed by atoms with Crippen LogP contribution in [0.3, 0.4) is 0 Å². The molecule has 0 bridgehead atoms. The number of urea groups is 1. The minimum absolute atomic E-state index is 0.221. The monoisotopic (exact) mass is 323 g/mol. The molecule has 0 radical (unpaired) electrons. The molecule has 0 aromatic heterocycles. The predicted octanol–water partition coefficient (Wildman–Crippen LogP) is 2.95. The van der Waals surface area contributed by atoms with Gasteiger partial charge in [-0.25, -0.2) is 4.79 Å². The van der Waals surface area contributed by atoms with Crippen molar-refractivity contribution < 1.29 is 9.59 Å². The summed E-state index contributed by atoms with van der Waals surface area (Å²) in [5.41, 5.74) is 0. The Kier molecular flexibility index (Phi) is 6.88. The SMILES string of the molecule is CC(NC1CCCC(C)C1C)C(=O)NC(=O)NC1CCCCC1. The Balaban J connectivity index is 1.74. The number of hydrogen-bond donors (Lipinski definition) is 3. The first kappa shape index (κ1) is 18.2. The first-order valence-electron chi connectivity index (χ1n) is 9.34. The molecule has 2 saturated carbocycles. The van der Waals surface area contributed by atoms with Crippen LogP contribution in [0.4, 0.5) is 4.79 Å². The van der Waals surface area contributed by atoms with Gasteiger partial charge < -0.3 is 10.6 Å². The van der Waals surface area contributed by atoms with Crippen LogP contribution in [0, 0.1) is 11.8 Å².